The molecule has 0 heterocycles. The number of ether oxygens (including phenoxy) is 2. The predicted octanol–water partition coefficient (Wildman–Crippen LogP) is 3.40. The molecule has 1 aromatic rings. The summed E-state index contributed by atoms with van der Waals surface area (Å²) in [7, 11) is 0. The minimum Gasteiger partial charge on any atom is -0.382 e. The van der Waals surface area contributed by atoms with E-state index in [0.29, 0.717) is 0 Å². The molecular formula is C21H37N3O2. The number of rotatable bonds is 15. The van der Waals surface area contributed by atoms with Gasteiger partial charge in [0.25, 0.3) is 0 Å². The lowest BCUT2D eigenvalue weighted by Crippen LogP contribution is -2.38. The van der Waals surface area contributed by atoms with Gasteiger partial charge in [0.2, 0.25) is 0 Å². The van der Waals surface area contributed by atoms with Crippen LogP contribution in [0.5, 0.6) is 0 Å². The topological polar surface area (TPSA) is 54.9 Å². The Hall–Kier alpha value is -1.59. The molecule has 0 aliphatic rings. The normalized spacial score (nSPS) is 11.5. The Kier molecular flexibility index (Phi) is 14.6. The van der Waals surface area contributed by atoms with Crippen LogP contribution in [0.4, 0.5) is 0 Å². The van der Waals surface area contributed by atoms with E-state index in [2.05, 4.69) is 46.8 Å². The fourth-order valence-corrected chi connectivity index (χ4v) is 2.47. The average Bonchev–Trinajstić information content (AvgIpc) is 2.67. The van der Waals surface area contributed by atoms with E-state index in [1.165, 1.54) is 5.56 Å². The summed E-state index contributed by atoms with van der Waals surface area (Å²) in [5.41, 5.74) is 1.34. The summed E-state index contributed by atoms with van der Waals surface area (Å²) in [6.45, 7) is 10.0. The highest BCUT2D eigenvalue weighted by atomic mass is 16.5. The second-order valence-electron chi connectivity index (χ2n) is 6.15. The fourth-order valence-electron chi connectivity index (χ4n) is 2.47. The Bertz CT molecular complexity index is 452. The second kappa shape index (κ2) is 16.9. The van der Waals surface area contributed by atoms with Gasteiger partial charge in [-0.25, -0.2) is 0 Å². The lowest BCUT2D eigenvalue weighted by atomic mass is 10.2. The van der Waals surface area contributed by atoms with Crippen LogP contribution in [-0.4, -0.2) is 52.0 Å². The zero-order chi connectivity index (χ0) is 18.7. The van der Waals surface area contributed by atoms with Crippen LogP contribution in [0.25, 0.3) is 0 Å². The van der Waals surface area contributed by atoms with E-state index in [9.17, 15) is 0 Å². The van der Waals surface area contributed by atoms with Crippen molar-refractivity contribution in [3.8, 4) is 0 Å². The summed E-state index contributed by atoms with van der Waals surface area (Å²) in [6, 6.07) is 10.5. The molecule has 5 nitrogen and oxygen atoms in total. The highest BCUT2D eigenvalue weighted by Crippen LogP contribution is 2.00. The van der Waals surface area contributed by atoms with E-state index in [4.69, 9.17) is 9.47 Å². The number of guanidine groups is 1. The molecule has 2 N–H and O–H groups in total. The largest absolute Gasteiger partial charge is 0.382 e. The quantitative estimate of drug-likeness (QED) is 0.285. The molecule has 0 atom stereocenters. The van der Waals surface area contributed by atoms with Crippen molar-refractivity contribution in [3.05, 3.63) is 35.9 Å². The minimum absolute atomic E-state index is 0.795. The first kappa shape index (κ1) is 22.5. The summed E-state index contributed by atoms with van der Waals surface area (Å²) in [5.74, 6) is 0.911. The highest BCUT2D eigenvalue weighted by Gasteiger charge is 1.97. The standard InChI is InChI=1S/C21H37N3O2/c1-3-22-21(23-15-8-10-17-25-4-2)24-16-9-11-18-26-19-14-20-12-6-5-7-13-20/h5-7,12-13H,3-4,8-11,14-19H2,1-2H3,(H2,22,23,24). The molecule has 0 aromatic heterocycles. The van der Waals surface area contributed by atoms with Crippen LogP contribution in [0.2, 0.25) is 0 Å². The van der Waals surface area contributed by atoms with Crippen LogP contribution in [0.15, 0.2) is 35.3 Å². The third-order valence-electron chi connectivity index (χ3n) is 3.90. The minimum atomic E-state index is 0.795. The molecule has 0 aliphatic heterocycles. The van der Waals surface area contributed by atoms with E-state index in [1.807, 2.05) is 13.0 Å². The molecule has 0 bridgehead atoms. The zero-order valence-corrected chi connectivity index (χ0v) is 16.6. The van der Waals surface area contributed by atoms with E-state index < -0.39 is 0 Å². The van der Waals surface area contributed by atoms with Crippen molar-refractivity contribution < 1.29 is 9.47 Å². The van der Waals surface area contributed by atoms with Gasteiger partial charge in [-0.05, 0) is 51.5 Å². The lowest BCUT2D eigenvalue weighted by Gasteiger charge is -2.11. The number of nitrogens with zero attached hydrogens (tertiary/aromatic N) is 1. The Morgan fingerprint density at radius 1 is 0.885 bits per heavy atom. The van der Waals surface area contributed by atoms with Gasteiger partial charge in [0.15, 0.2) is 5.96 Å². The summed E-state index contributed by atoms with van der Waals surface area (Å²) in [4.78, 5) is 4.60. The van der Waals surface area contributed by atoms with E-state index in [0.717, 1.165) is 84.1 Å². The molecule has 1 aromatic carbocycles. The first-order chi connectivity index (χ1) is 12.9. The molecule has 0 radical (unpaired) electrons. The van der Waals surface area contributed by atoms with Gasteiger partial charge >= 0.3 is 0 Å². The number of aliphatic imine (C=N–C) groups is 1. The number of benzene rings is 1. The van der Waals surface area contributed by atoms with Gasteiger partial charge in [-0.1, -0.05) is 30.3 Å². The molecule has 0 aliphatic carbocycles. The highest BCUT2D eigenvalue weighted by molar-refractivity contribution is 5.79. The van der Waals surface area contributed by atoms with Crippen molar-refractivity contribution in [2.24, 2.45) is 4.99 Å². The summed E-state index contributed by atoms with van der Waals surface area (Å²) in [6.07, 6.45) is 5.26. The van der Waals surface area contributed by atoms with Gasteiger partial charge in [-0.3, -0.25) is 4.99 Å². The number of hydrogen-bond donors (Lipinski definition) is 2. The van der Waals surface area contributed by atoms with Crippen LogP contribution >= 0.6 is 0 Å². The molecule has 0 amide bonds. The molecule has 0 unspecified atom stereocenters. The van der Waals surface area contributed by atoms with Crippen LogP contribution in [0.1, 0.15) is 45.1 Å². The Morgan fingerprint density at radius 3 is 2.42 bits per heavy atom. The molecule has 0 saturated heterocycles. The van der Waals surface area contributed by atoms with Gasteiger partial charge in [0.1, 0.15) is 0 Å². The lowest BCUT2D eigenvalue weighted by molar-refractivity contribution is 0.133. The van der Waals surface area contributed by atoms with Gasteiger partial charge in [0, 0.05) is 39.5 Å². The first-order valence-corrected chi connectivity index (χ1v) is 10.1. The molecule has 0 saturated carbocycles. The molecule has 26 heavy (non-hydrogen) atoms. The van der Waals surface area contributed by atoms with E-state index in [1.54, 1.807) is 0 Å². The van der Waals surface area contributed by atoms with Crippen molar-refractivity contribution in [1.29, 1.82) is 0 Å². The fraction of sp³-hybridized carbons (Fsp3) is 0.667. The summed E-state index contributed by atoms with van der Waals surface area (Å²) >= 11 is 0. The number of unbranched alkanes of at least 4 members (excludes halogenated alkanes) is 2. The third-order valence-corrected chi connectivity index (χ3v) is 3.90. The average molecular weight is 364 g/mol. The summed E-state index contributed by atoms with van der Waals surface area (Å²) < 4.78 is 11.1. The maximum absolute atomic E-state index is 5.72. The third kappa shape index (κ3) is 12.7. The Morgan fingerprint density at radius 2 is 1.65 bits per heavy atom. The van der Waals surface area contributed by atoms with Crippen LogP contribution in [0.3, 0.4) is 0 Å². The number of hydrogen-bond acceptors (Lipinski definition) is 3. The molecular weight excluding hydrogens is 326 g/mol. The van der Waals surface area contributed by atoms with Crippen LogP contribution in [0, 0.1) is 0 Å². The van der Waals surface area contributed by atoms with Gasteiger partial charge in [0.05, 0.1) is 6.61 Å². The Labute approximate surface area is 159 Å². The molecule has 0 fully saturated rings. The molecule has 148 valence electrons. The number of nitrogens with one attached hydrogen (secondary N) is 2. The maximum atomic E-state index is 5.72. The van der Waals surface area contributed by atoms with Crippen molar-refractivity contribution in [1.82, 2.24) is 10.6 Å². The van der Waals surface area contributed by atoms with E-state index >= 15 is 0 Å². The zero-order valence-electron chi connectivity index (χ0n) is 16.6. The smallest absolute Gasteiger partial charge is 0.191 e. The second-order valence-corrected chi connectivity index (χ2v) is 6.15. The van der Waals surface area contributed by atoms with Crippen molar-refractivity contribution in [3.63, 3.8) is 0 Å². The summed E-state index contributed by atoms with van der Waals surface area (Å²) in [5, 5.41) is 6.68. The molecule has 1 rings (SSSR count). The maximum Gasteiger partial charge on any atom is 0.191 e. The van der Waals surface area contributed by atoms with Crippen LogP contribution in [-0.2, 0) is 15.9 Å². The van der Waals surface area contributed by atoms with Crippen molar-refractivity contribution in [2.75, 3.05) is 46.1 Å². The molecule has 0 spiro atoms. The Balaban J connectivity index is 2.00. The SMILES string of the molecule is CCNC(=NCCCCOCC)NCCCCOCCc1ccccc1. The van der Waals surface area contributed by atoms with E-state index in [-0.39, 0.29) is 0 Å². The predicted molar refractivity (Wildman–Crippen MR) is 110 cm³/mol. The van der Waals surface area contributed by atoms with Crippen LogP contribution < -0.4 is 10.6 Å². The molecule has 5 heteroatoms. The monoisotopic (exact) mass is 363 g/mol. The van der Waals surface area contributed by atoms with Gasteiger partial charge < -0.3 is 20.1 Å². The van der Waals surface area contributed by atoms with Crippen molar-refractivity contribution >= 4 is 5.96 Å². The van der Waals surface area contributed by atoms with Gasteiger partial charge in [-0.15, -0.1) is 0 Å². The van der Waals surface area contributed by atoms with Crippen molar-refractivity contribution in [2.45, 2.75) is 46.0 Å². The van der Waals surface area contributed by atoms with Gasteiger partial charge in [-0.2, -0.15) is 0 Å². The first-order valence-electron chi connectivity index (χ1n) is 10.1.